The van der Waals surface area contributed by atoms with Crippen LogP contribution in [0.2, 0.25) is 5.02 Å². The van der Waals surface area contributed by atoms with E-state index in [4.69, 9.17) is 25.8 Å². The molecule has 3 aromatic carbocycles. The van der Waals surface area contributed by atoms with E-state index in [0.29, 0.717) is 41.1 Å². The molecular weight excluding hydrogens is 514 g/mol. The molecule has 1 aliphatic heterocycles. The molecule has 0 fully saturated rings. The minimum Gasteiger partial charge on any atom is -0.497 e. The number of nitrogens with one attached hydrogen (secondary N) is 1. The van der Waals surface area contributed by atoms with E-state index in [1.54, 1.807) is 25.3 Å². The maximum Gasteiger partial charge on any atom is 0.238 e. The van der Waals surface area contributed by atoms with Crippen molar-refractivity contribution in [1.82, 2.24) is 9.47 Å². The third-order valence-electron chi connectivity index (χ3n) is 6.60. The number of fused-ring (bicyclic) bond motifs is 2. The van der Waals surface area contributed by atoms with Crippen molar-refractivity contribution in [2.45, 2.75) is 25.8 Å². The standard InChI is InChI=1S/C31H32ClN3O4/c1-37-26-14-12-24(13-15-26)35-18-7-8-25(35)21-34-17-5-2-6-19-38-29-9-3-4-10-30(29)39-28-16-11-23(32)20-27(28)33-31(36)22-34/h3-4,7-16,18,20H,2,5-6,17,19,21-22H2,1H3,(H,33,36). The Hall–Kier alpha value is -3.94. The first-order valence-electron chi connectivity index (χ1n) is 13.1. The molecule has 8 heteroatoms. The fourth-order valence-corrected chi connectivity index (χ4v) is 4.81. The summed E-state index contributed by atoms with van der Waals surface area (Å²) in [5.74, 6) is 2.43. The molecule has 2 heterocycles. The number of aromatic nitrogens is 1. The zero-order chi connectivity index (χ0) is 27.0. The van der Waals surface area contributed by atoms with Crippen LogP contribution < -0.4 is 19.5 Å². The molecule has 7 nitrogen and oxygen atoms in total. The Balaban J connectivity index is 1.37. The van der Waals surface area contributed by atoms with Gasteiger partial charge in [-0.2, -0.15) is 0 Å². The van der Waals surface area contributed by atoms with Crippen molar-refractivity contribution in [2.75, 3.05) is 32.1 Å². The predicted octanol–water partition coefficient (Wildman–Crippen LogP) is 6.94. The van der Waals surface area contributed by atoms with Gasteiger partial charge in [0.15, 0.2) is 17.2 Å². The number of rotatable bonds is 4. The number of hydrogen-bond acceptors (Lipinski definition) is 5. The van der Waals surface area contributed by atoms with E-state index in [9.17, 15) is 4.79 Å². The summed E-state index contributed by atoms with van der Waals surface area (Å²) in [6.45, 7) is 2.21. The van der Waals surface area contributed by atoms with Gasteiger partial charge in [0.2, 0.25) is 5.91 Å². The van der Waals surface area contributed by atoms with E-state index in [-0.39, 0.29) is 12.5 Å². The SMILES string of the molecule is COc1ccc(-n2cccc2CN2CCCCCOc3ccccc3Oc3ccc(Cl)cc3NC(=O)C2)cc1. The maximum atomic E-state index is 13.3. The van der Waals surface area contributed by atoms with Crippen LogP contribution in [0, 0.1) is 0 Å². The van der Waals surface area contributed by atoms with Gasteiger partial charge in [-0.1, -0.05) is 23.7 Å². The van der Waals surface area contributed by atoms with Crippen molar-refractivity contribution in [2.24, 2.45) is 0 Å². The van der Waals surface area contributed by atoms with Crippen molar-refractivity contribution in [3.63, 3.8) is 0 Å². The molecule has 1 N–H and O–H groups in total. The van der Waals surface area contributed by atoms with E-state index in [1.165, 1.54) is 0 Å². The quantitative estimate of drug-likeness (QED) is 0.301. The van der Waals surface area contributed by atoms with Crippen molar-refractivity contribution in [3.8, 4) is 28.7 Å². The Morgan fingerprint density at radius 2 is 1.74 bits per heavy atom. The lowest BCUT2D eigenvalue weighted by Gasteiger charge is -2.23. The van der Waals surface area contributed by atoms with E-state index in [1.807, 2.05) is 60.8 Å². The highest BCUT2D eigenvalue weighted by atomic mass is 35.5. The summed E-state index contributed by atoms with van der Waals surface area (Å²) >= 11 is 6.28. The first-order chi connectivity index (χ1) is 19.1. The fraction of sp³-hybridized carbons (Fsp3) is 0.258. The second-order valence-electron chi connectivity index (χ2n) is 9.42. The molecule has 202 valence electrons. The monoisotopic (exact) mass is 545 g/mol. The van der Waals surface area contributed by atoms with Gasteiger partial charge in [0.25, 0.3) is 0 Å². The Kier molecular flexibility index (Phi) is 8.71. The van der Waals surface area contributed by atoms with E-state index in [2.05, 4.69) is 20.9 Å². The van der Waals surface area contributed by atoms with E-state index >= 15 is 0 Å². The number of methoxy groups -OCH3 is 1. The van der Waals surface area contributed by atoms with Crippen LogP contribution in [-0.4, -0.2) is 42.2 Å². The Labute approximate surface area is 233 Å². The van der Waals surface area contributed by atoms with Crippen molar-refractivity contribution in [3.05, 3.63) is 95.8 Å². The first kappa shape index (κ1) is 26.7. The molecule has 0 saturated carbocycles. The molecule has 0 spiro atoms. The molecule has 0 bridgehead atoms. The summed E-state index contributed by atoms with van der Waals surface area (Å²) in [6, 6.07) is 24.8. The third kappa shape index (κ3) is 6.93. The second kappa shape index (κ2) is 12.7. The molecule has 5 rings (SSSR count). The number of amides is 1. The molecule has 1 amide bonds. The highest BCUT2D eigenvalue weighted by Crippen LogP contribution is 2.36. The molecule has 0 atom stereocenters. The molecule has 4 aromatic rings. The lowest BCUT2D eigenvalue weighted by atomic mass is 10.2. The highest BCUT2D eigenvalue weighted by molar-refractivity contribution is 6.31. The summed E-state index contributed by atoms with van der Waals surface area (Å²) in [5.41, 5.74) is 2.64. The minimum absolute atomic E-state index is 0.135. The number of ether oxygens (including phenoxy) is 3. The van der Waals surface area contributed by atoms with Gasteiger partial charge in [-0.05, 0) is 92.5 Å². The van der Waals surface area contributed by atoms with Crippen LogP contribution in [0.15, 0.2) is 85.1 Å². The Bertz CT molecular complexity index is 1400. The van der Waals surface area contributed by atoms with Gasteiger partial charge in [0.1, 0.15) is 5.75 Å². The van der Waals surface area contributed by atoms with Crippen LogP contribution in [0.25, 0.3) is 5.69 Å². The number of carbonyl (C=O) groups excluding carboxylic acids is 1. The molecule has 0 radical (unpaired) electrons. The molecule has 39 heavy (non-hydrogen) atoms. The van der Waals surface area contributed by atoms with Gasteiger partial charge in [0, 0.05) is 29.1 Å². The smallest absolute Gasteiger partial charge is 0.238 e. The molecule has 0 unspecified atom stereocenters. The number of para-hydroxylation sites is 2. The predicted molar refractivity (Wildman–Crippen MR) is 154 cm³/mol. The minimum atomic E-state index is -0.135. The number of benzene rings is 3. The van der Waals surface area contributed by atoms with Crippen LogP contribution in [0.3, 0.4) is 0 Å². The van der Waals surface area contributed by atoms with Crippen LogP contribution in [0.1, 0.15) is 25.0 Å². The van der Waals surface area contributed by atoms with Crippen LogP contribution >= 0.6 is 11.6 Å². The maximum absolute atomic E-state index is 13.3. The number of carbonyl (C=O) groups is 1. The van der Waals surface area contributed by atoms with E-state index < -0.39 is 0 Å². The highest BCUT2D eigenvalue weighted by Gasteiger charge is 2.17. The van der Waals surface area contributed by atoms with Gasteiger partial charge >= 0.3 is 0 Å². The van der Waals surface area contributed by atoms with Gasteiger partial charge in [-0.25, -0.2) is 0 Å². The third-order valence-corrected chi connectivity index (χ3v) is 6.83. The normalized spacial score (nSPS) is 15.0. The van der Waals surface area contributed by atoms with Gasteiger partial charge in [-0.15, -0.1) is 0 Å². The molecular formula is C31H32ClN3O4. The summed E-state index contributed by atoms with van der Waals surface area (Å²) < 4.78 is 19.7. The topological polar surface area (TPSA) is 65.0 Å². The molecule has 1 aromatic heterocycles. The average molecular weight is 546 g/mol. The Morgan fingerprint density at radius 1 is 0.923 bits per heavy atom. The fourth-order valence-electron chi connectivity index (χ4n) is 4.63. The molecule has 0 aliphatic carbocycles. The second-order valence-corrected chi connectivity index (χ2v) is 9.86. The van der Waals surface area contributed by atoms with E-state index in [0.717, 1.165) is 42.9 Å². The van der Waals surface area contributed by atoms with Gasteiger partial charge < -0.3 is 24.1 Å². The zero-order valence-electron chi connectivity index (χ0n) is 21.9. The lowest BCUT2D eigenvalue weighted by molar-refractivity contribution is -0.117. The summed E-state index contributed by atoms with van der Waals surface area (Å²) in [6.07, 6.45) is 4.87. The average Bonchev–Trinajstić information content (AvgIpc) is 3.40. The van der Waals surface area contributed by atoms with Crippen molar-refractivity contribution >= 4 is 23.2 Å². The summed E-state index contributed by atoms with van der Waals surface area (Å²) in [7, 11) is 1.66. The first-order valence-corrected chi connectivity index (χ1v) is 13.5. The molecule has 0 saturated heterocycles. The zero-order valence-corrected chi connectivity index (χ0v) is 22.7. The van der Waals surface area contributed by atoms with Crippen molar-refractivity contribution < 1.29 is 19.0 Å². The number of hydrogen-bond donors (Lipinski definition) is 1. The van der Waals surface area contributed by atoms with Gasteiger partial charge in [0.05, 0.1) is 25.9 Å². The number of halogens is 1. The van der Waals surface area contributed by atoms with Crippen LogP contribution in [-0.2, 0) is 11.3 Å². The molecule has 1 aliphatic rings. The largest absolute Gasteiger partial charge is 0.497 e. The number of anilines is 1. The lowest BCUT2D eigenvalue weighted by Crippen LogP contribution is -2.34. The summed E-state index contributed by atoms with van der Waals surface area (Å²) in [5, 5.41) is 3.53. The van der Waals surface area contributed by atoms with Crippen LogP contribution in [0.4, 0.5) is 5.69 Å². The Morgan fingerprint density at radius 3 is 2.56 bits per heavy atom. The summed E-state index contributed by atoms with van der Waals surface area (Å²) in [4.78, 5) is 15.5. The van der Waals surface area contributed by atoms with Crippen molar-refractivity contribution in [1.29, 1.82) is 0 Å². The number of nitrogens with zero attached hydrogens (tertiary/aromatic N) is 2. The van der Waals surface area contributed by atoms with Crippen LogP contribution in [0.5, 0.6) is 23.0 Å². The van der Waals surface area contributed by atoms with Gasteiger partial charge in [-0.3, -0.25) is 9.69 Å².